The van der Waals surface area contributed by atoms with E-state index in [0.717, 1.165) is 45.1 Å². The lowest BCUT2D eigenvalue weighted by atomic mass is 9.83. The monoisotopic (exact) mass is 608 g/mol. The third-order valence-corrected chi connectivity index (χ3v) is 8.75. The van der Waals surface area contributed by atoms with Gasteiger partial charge in [0.25, 0.3) is 5.91 Å². The van der Waals surface area contributed by atoms with Crippen molar-refractivity contribution in [2.24, 2.45) is 5.41 Å². The number of fused-ring (bicyclic) bond motifs is 1. The minimum absolute atomic E-state index is 0.174. The van der Waals surface area contributed by atoms with Crippen LogP contribution < -0.4 is 10.5 Å². The highest BCUT2D eigenvalue weighted by Gasteiger charge is 2.36. The number of halogens is 1. The summed E-state index contributed by atoms with van der Waals surface area (Å²) in [6.45, 7) is 1.67. The number of nitrogens with two attached hydrogens (primary N) is 1. The van der Waals surface area contributed by atoms with Gasteiger partial charge in [-0.1, -0.05) is 37.1 Å². The first kappa shape index (κ1) is 30.2. The highest BCUT2D eigenvalue weighted by molar-refractivity contribution is 5.99. The van der Waals surface area contributed by atoms with Crippen LogP contribution in [0.1, 0.15) is 44.6 Å². The largest absolute Gasteiger partial charge is 0.457 e. The van der Waals surface area contributed by atoms with Gasteiger partial charge in [-0.2, -0.15) is 10.4 Å². The molecule has 11 heteroatoms. The molecular formula is C34H37FN8O2. The highest BCUT2D eigenvalue weighted by atomic mass is 19.1. The number of piperidine rings is 1. The second-order valence-corrected chi connectivity index (χ2v) is 12.3. The van der Waals surface area contributed by atoms with Crippen molar-refractivity contribution in [2.75, 3.05) is 39.5 Å². The Hall–Kier alpha value is -4.82. The molecular weight excluding hydrogens is 571 g/mol. The summed E-state index contributed by atoms with van der Waals surface area (Å²) in [5, 5.41) is 15.4. The Morgan fingerprint density at radius 3 is 2.64 bits per heavy atom. The summed E-state index contributed by atoms with van der Waals surface area (Å²) < 4.78 is 23.2. The normalized spacial score (nSPS) is 18.3. The van der Waals surface area contributed by atoms with Gasteiger partial charge < -0.3 is 20.3 Å². The maximum absolute atomic E-state index is 15.6. The quantitative estimate of drug-likeness (QED) is 0.198. The molecule has 1 aliphatic heterocycles. The van der Waals surface area contributed by atoms with Crippen LogP contribution in [-0.4, -0.2) is 69.2 Å². The van der Waals surface area contributed by atoms with Gasteiger partial charge in [-0.25, -0.2) is 19.0 Å². The van der Waals surface area contributed by atoms with Gasteiger partial charge in [-0.3, -0.25) is 4.79 Å². The second-order valence-electron chi connectivity index (χ2n) is 12.3. The first-order chi connectivity index (χ1) is 21.8. The number of para-hydroxylation sites is 1. The molecule has 1 aliphatic carbocycles. The van der Waals surface area contributed by atoms with Gasteiger partial charge in [0.05, 0.1) is 11.4 Å². The fraction of sp³-hybridized carbons (Fsp3) is 0.382. The molecule has 232 valence electrons. The molecule has 10 nitrogen and oxygen atoms in total. The molecule has 45 heavy (non-hydrogen) atoms. The molecule has 3 heterocycles. The van der Waals surface area contributed by atoms with E-state index in [9.17, 15) is 10.1 Å². The van der Waals surface area contributed by atoms with Crippen LogP contribution in [0, 0.1) is 22.6 Å². The summed E-state index contributed by atoms with van der Waals surface area (Å²) in [5.74, 6) is 0.340. The number of carbonyl (C=O) groups excluding carboxylic acids is 1. The van der Waals surface area contributed by atoms with Crippen LogP contribution in [0.25, 0.3) is 22.3 Å². The number of aromatic nitrogens is 4. The van der Waals surface area contributed by atoms with Crippen molar-refractivity contribution in [1.29, 1.82) is 5.26 Å². The molecule has 0 radical (unpaired) electrons. The molecule has 1 saturated carbocycles. The molecule has 0 spiro atoms. The molecule has 1 amide bonds. The third-order valence-electron chi connectivity index (χ3n) is 8.75. The molecule has 1 saturated heterocycles. The number of hydrogen-bond acceptors (Lipinski definition) is 8. The molecule has 2 fully saturated rings. The smallest absolute Gasteiger partial charge is 0.264 e. The predicted molar refractivity (Wildman–Crippen MR) is 170 cm³/mol. The van der Waals surface area contributed by atoms with Crippen molar-refractivity contribution in [3.05, 3.63) is 72.3 Å². The van der Waals surface area contributed by atoms with E-state index in [1.807, 2.05) is 38.4 Å². The van der Waals surface area contributed by atoms with E-state index in [-0.39, 0.29) is 34.3 Å². The van der Waals surface area contributed by atoms with Gasteiger partial charge >= 0.3 is 0 Å². The Balaban J connectivity index is 1.30. The zero-order valence-corrected chi connectivity index (χ0v) is 25.6. The zero-order chi connectivity index (χ0) is 31.6. The van der Waals surface area contributed by atoms with Crippen LogP contribution in [0.3, 0.4) is 0 Å². The van der Waals surface area contributed by atoms with Crippen molar-refractivity contribution in [1.82, 2.24) is 29.5 Å². The number of ether oxygens (including phenoxy) is 1. The van der Waals surface area contributed by atoms with E-state index in [1.165, 1.54) is 12.4 Å². The number of anilines is 1. The number of nitrogen functional groups attached to an aromatic ring is 1. The van der Waals surface area contributed by atoms with E-state index in [2.05, 4.69) is 20.9 Å². The lowest BCUT2D eigenvalue weighted by Crippen LogP contribution is -2.42. The summed E-state index contributed by atoms with van der Waals surface area (Å²) in [5.41, 5.74) is 7.35. The van der Waals surface area contributed by atoms with E-state index in [4.69, 9.17) is 15.6 Å². The van der Waals surface area contributed by atoms with Gasteiger partial charge in [0.1, 0.15) is 46.8 Å². The van der Waals surface area contributed by atoms with E-state index < -0.39 is 5.82 Å². The summed E-state index contributed by atoms with van der Waals surface area (Å²) in [7, 11) is 4.05. The number of rotatable bonds is 8. The maximum atomic E-state index is 15.6. The molecule has 2 aromatic heterocycles. The average molecular weight is 609 g/mol. The number of carbonyl (C=O) groups is 1. The second kappa shape index (κ2) is 12.7. The fourth-order valence-corrected chi connectivity index (χ4v) is 6.83. The van der Waals surface area contributed by atoms with Gasteiger partial charge in [0.2, 0.25) is 0 Å². The van der Waals surface area contributed by atoms with Crippen LogP contribution in [0.2, 0.25) is 0 Å². The first-order valence-corrected chi connectivity index (χ1v) is 15.4. The van der Waals surface area contributed by atoms with Crippen molar-refractivity contribution in [3.8, 4) is 28.8 Å². The van der Waals surface area contributed by atoms with Crippen LogP contribution >= 0.6 is 0 Å². The van der Waals surface area contributed by atoms with Crippen molar-refractivity contribution >= 4 is 22.8 Å². The van der Waals surface area contributed by atoms with Crippen molar-refractivity contribution < 1.29 is 13.9 Å². The molecule has 0 unspecified atom stereocenters. The Labute approximate surface area is 261 Å². The van der Waals surface area contributed by atoms with Crippen LogP contribution in [0.15, 0.2) is 66.5 Å². The van der Waals surface area contributed by atoms with Crippen LogP contribution in [0.5, 0.6) is 11.5 Å². The number of likely N-dealkylation sites (tertiary alicyclic amines) is 1. The van der Waals surface area contributed by atoms with E-state index >= 15 is 4.39 Å². The number of hydrogen-bond donors (Lipinski definition) is 1. The molecule has 6 rings (SSSR count). The molecule has 2 aromatic carbocycles. The lowest BCUT2D eigenvalue weighted by Gasteiger charge is -2.34. The lowest BCUT2D eigenvalue weighted by molar-refractivity contribution is -0.128. The topological polar surface area (TPSA) is 126 Å². The number of nitriles is 1. The standard InChI is InChI=1S/C34H37FN8O2/c1-41(2)21-34(14-6-7-15-34)18-23(19-36)33(44)42-16-8-9-24(20-42)43-32-29(31(37)38-22-39-32)30(40-43)27-13-12-26(17-28(27)35)45-25-10-4-3-5-11-25/h3-5,10-13,17-18,22,24H,6-9,14-16,20-21H2,1-2H3,(H2,37,38,39)/t24-/m0/s1. The number of amides is 1. The van der Waals surface area contributed by atoms with E-state index in [0.29, 0.717) is 41.3 Å². The summed E-state index contributed by atoms with van der Waals surface area (Å²) in [6.07, 6.45) is 8.84. The van der Waals surface area contributed by atoms with Crippen LogP contribution in [-0.2, 0) is 4.79 Å². The van der Waals surface area contributed by atoms with Crippen molar-refractivity contribution in [3.63, 3.8) is 0 Å². The van der Waals surface area contributed by atoms with Gasteiger partial charge in [-0.15, -0.1) is 0 Å². The summed E-state index contributed by atoms with van der Waals surface area (Å²) >= 11 is 0. The van der Waals surface area contributed by atoms with E-state index in [1.54, 1.807) is 33.8 Å². The minimum atomic E-state index is -0.527. The molecule has 2 aliphatic rings. The first-order valence-electron chi connectivity index (χ1n) is 15.4. The molecule has 2 N–H and O–H groups in total. The fourth-order valence-electron chi connectivity index (χ4n) is 6.83. The summed E-state index contributed by atoms with van der Waals surface area (Å²) in [4.78, 5) is 26.3. The number of benzene rings is 2. The zero-order valence-electron chi connectivity index (χ0n) is 25.6. The van der Waals surface area contributed by atoms with Gasteiger partial charge in [0, 0.05) is 36.7 Å². The number of nitrogens with zero attached hydrogens (tertiary/aromatic N) is 7. The Bertz CT molecular complexity index is 1770. The van der Waals surface area contributed by atoms with Crippen LogP contribution in [0.4, 0.5) is 10.2 Å². The average Bonchev–Trinajstić information content (AvgIpc) is 3.65. The Kier molecular flexibility index (Phi) is 8.50. The molecule has 4 aromatic rings. The predicted octanol–water partition coefficient (Wildman–Crippen LogP) is 5.74. The molecule has 0 bridgehead atoms. The highest BCUT2D eigenvalue weighted by Crippen LogP contribution is 2.41. The Morgan fingerprint density at radius 2 is 1.93 bits per heavy atom. The van der Waals surface area contributed by atoms with Crippen molar-refractivity contribution in [2.45, 2.75) is 44.6 Å². The SMILES string of the molecule is CN(C)CC1(C=C(C#N)C(=O)N2CCC[C@H](n3nc(-c4ccc(Oc5ccccc5)cc4F)c4c(N)ncnc43)C2)CCCC1. The third kappa shape index (κ3) is 6.24. The van der Waals surface area contributed by atoms with Gasteiger partial charge in [-0.05, 0) is 64.0 Å². The molecule has 1 atom stereocenters. The minimum Gasteiger partial charge on any atom is -0.457 e. The maximum Gasteiger partial charge on any atom is 0.264 e. The Morgan fingerprint density at radius 1 is 1.16 bits per heavy atom. The summed E-state index contributed by atoms with van der Waals surface area (Å²) in [6, 6.07) is 15.7. The van der Waals surface area contributed by atoms with Gasteiger partial charge in [0.15, 0.2) is 5.65 Å².